The van der Waals surface area contributed by atoms with Crippen LogP contribution in [-0.2, 0) is 12.8 Å². The zero-order chi connectivity index (χ0) is 14.1. The fraction of sp³-hybridized carbons (Fsp3) is 0.312. The number of rotatable bonds is 3. The number of aryl methyl sites for hydroxylation is 3. The lowest BCUT2D eigenvalue weighted by Crippen LogP contribution is -2.11. The number of Topliss-reactive ketones (excluding diaryl/α,β-unsaturated/α-hetero) is 1. The Morgan fingerprint density at radius 2 is 2.20 bits per heavy atom. The van der Waals surface area contributed by atoms with Crippen LogP contribution in [-0.4, -0.2) is 10.8 Å². The summed E-state index contributed by atoms with van der Waals surface area (Å²) in [6.45, 7) is 1.87. The van der Waals surface area contributed by atoms with E-state index in [4.69, 9.17) is 0 Å². The molecule has 1 aromatic heterocycles. The largest absolute Gasteiger partial charge is 0.292 e. The molecule has 1 heterocycles. The third-order valence-corrected chi connectivity index (χ3v) is 4.69. The molecule has 0 amide bonds. The average Bonchev–Trinajstić information content (AvgIpc) is 3.07. The quantitative estimate of drug-likeness (QED) is 0.810. The molecule has 100 valence electrons. The highest BCUT2D eigenvalue weighted by Crippen LogP contribution is 2.27. The van der Waals surface area contributed by atoms with Crippen LogP contribution in [0.25, 0.3) is 0 Å². The number of thiazole rings is 1. The van der Waals surface area contributed by atoms with Gasteiger partial charge in [0.25, 0.3) is 0 Å². The lowest BCUT2D eigenvalue weighted by Gasteiger charge is -2.07. The number of hydrogen-bond donors (Lipinski definition) is 0. The van der Waals surface area contributed by atoms with E-state index in [1.165, 1.54) is 22.5 Å². The van der Waals surface area contributed by atoms with Crippen LogP contribution in [0.4, 0.5) is 0 Å². The summed E-state index contributed by atoms with van der Waals surface area (Å²) >= 11 is 1.38. The second-order valence-corrected chi connectivity index (χ2v) is 5.98. The van der Waals surface area contributed by atoms with Crippen molar-refractivity contribution in [2.45, 2.75) is 32.1 Å². The van der Waals surface area contributed by atoms with Crippen LogP contribution < -0.4 is 0 Å². The molecule has 3 nitrogen and oxygen atoms in total. The van der Waals surface area contributed by atoms with Crippen LogP contribution in [0.1, 0.15) is 44.5 Å². The lowest BCUT2D eigenvalue weighted by atomic mass is 9.96. The predicted molar refractivity (Wildman–Crippen MR) is 78.0 cm³/mol. The molecule has 2 aromatic rings. The topological polar surface area (TPSA) is 53.8 Å². The second kappa shape index (κ2) is 5.18. The fourth-order valence-corrected chi connectivity index (χ4v) is 3.46. The molecule has 1 unspecified atom stereocenters. The zero-order valence-electron chi connectivity index (χ0n) is 11.2. The molecular formula is C16H14N2OS. The Morgan fingerprint density at radius 1 is 1.40 bits per heavy atom. The van der Waals surface area contributed by atoms with Gasteiger partial charge in [-0.25, -0.2) is 4.98 Å². The first-order chi connectivity index (χ1) is 9.69. The van der Waals surface area contributed by atoms with Gasteiger partial charge in [0.1, 0.15) is 5.01 Å². The first-order valence-corrected chi connectivity index (χ1v) is 7.54. The number of carbonyl (C=O) groups excluding carboxylic acids is 1. The van der Waals surface area contributed by atoms with Gasteiger partial charge in [0, 0.05) is 16.6 Å². The predicted octanol–water partition coefficient (Wildman–Crippen LogP) is 3.43. The molecule has 0 radical (unpaired) electrons. The van der Waals surface area contributed by atoms with Gasteiger partial charge in [-0.3, -0.25) is 4.79 Å². The van der Waals surface area contributed by atoms with Crippen molar-refractivity contribution in [1.29, 1.82) is 5.26 Å². The Balaban J connectivity index is 1.93. The molecule has 0 aliphatic heterocycles. The number of benzene rings is 1. The maximum atomic E-state index is 12.5. The van der Waals surface area contributed by atoms with E-state index in [1.54, 1.807) is 0 Å². The van der Waals surface area contributed by atoms with Crippen LogP contribution in [0, 0.1) is 18.3 Å². The highest BCUT2D eigenvalue weighted by Gasteiger charge is 2.25. The van der Waals surface area contributed by atoms with Crippen molar-refractivity contribution in [1.82, 2.24) is 4.98 Å². The Morgan fingerprint density at radius 3 is 2.90 bits per heavy atom. The molecule has 4 heteroatoms. The molecule has 0 saturated carbocycles. The van der Waals surface area contributed by atoms with E-state index in [1.807, 2.05) is 30.5 Å². The molecule has 20 heavy (non-hydrogen) atoms. The number of aromatic nitrogens is 1. The Kier molecular flexibility index (Phi) is 3.37. The molecule has 0 bridgehead atoms. The average molecular weight is 282 g/mol. The number of nitriles is 1. The minimum Gasteiger partial charge on any atom is -0.292 e. The standard InChI is InChI=1S/C16H14N2OS/c1-10-9-20-16(18-10)14(8-17)15(19)13-6-5-11-3-2-4-12(11)7-13/h5-7,9,14H,2-4H2,1H3. The molecule has 3 rings (SSSR count). The SMILES string of the molecule is Cc1csc(C(C#N)C(=O)c2ccc3c(c2)CCC3)n1. The van der Waals surface area contributed by atoms with E-state index < -0.39 is 5.92 Å². The van der Waals surface area contributed by atoms with Crippen molar-refractivity contribution in [2.75, 3.05) is 0 Å². The van der Waals surface area contributed by atoms with Crippen LogP contribution in [0.3, 0.4) is 0 Å². The minimum atomic E-state index is -0.784. The Hall–Kier alpha value is -1.99. The van der Waals surface area contributed by atoms with Crippen molar-refractivity contribution in [3.05, 3.63) is 51.0 Å². The highest BCUT2D eigenvalue weighted by atomic mass is 32.1. The number of ketones is 1. The van der Waals surface area contributed by atoms with Crippen molar-refractivity contribution >= 4 is 17.1 Å². The molecule has 1 aliphatic rings. The van der Waals surface area contributed by atoms with Gasteiger partial charge in [0.05, 0.1) is 6.07 Å². The van der Waals surface area contributed by atoms with Gasteiger partial charge in [-0.05, 0) is 43.4 Å². The maximum absolute atomic E-state index is 12.5. The first kappa shape index (κ1) is 13.0. The molecule has 1 atom stereocenters. The molecule has 1 aromatic carbocycles. The summed E-state index contributed by atoms with van der Waals surface area (Å²) in [6, 6.07) is 7.92. The van der Waals surface area contributed by atoms with E-state index in [2.05, 4.69) is 11.1 Å². The van der Waals surface area contributed by atoms with Crippen LogP contribution in [0.15, 0.2) is 23.6 Å². The summed E-state index contributed by atoms with van der Waals surface area (Å²) < 4.78 is 0. The summed E-state index contributed by atoms with van der Waals surface area (Å²) in [6.07, 6.45) is 3.28. The Bertz CT molecular complexity index is 712. The first-order valence-electron chi connectivity index (χ1n) is 6.66. The van der Waals surface area contributed by atoms with E-state index in [-0.39, 0.29) is 5.78 Å². The molecule has 1 aliphatic carbocycles. The smallest absolute Gasteiger partial charge is 0.186 e. The van der Waals surface area contributed by atoms with Gasteiger partial charge in [0.2, 0.25) is 0 Å². The molecule has 0 spiro atoms. The second-order valence-electron chi connectivity index (χ2n) is 5.09. The summed E-state index contributed by atoms with van der Waals surface area (Å²) in [5.41, 5.74) is 4.07. The van der Waals surface area contributed by atoms with Crippen molar-refractivity contribution in [3.8, 4) is 6.07 Å². The summed E-state index contributed by atoms with van der Waals surface area (Å²) in [4.78, 5) is 16.8. The van der Waals surface area contributed by atoms with Gasteiger partial charge < -0.3 is 0 Å². The van der Waals surface area contributed by atoms with E-state index >= 15 is 0 Å². The summed E-state index contributed by atoms with van der Waals surface area (Å²) in [5, 5.41) is 11.8. The van der Waals surface area contributed by atoms with Gasteiger partial charge in [-0.1, -0.05) is 12.1 Å². The van der Waals surface area contributed by atoms with Crippen molar-refractivity contribution in [2.24, 2.45) is 0 Å². The highest BCUT2D eigenvalue weighted by molar-refractivity contribution is 7.10. The Labute approximate surface area is 121 Å². The maximum Gasteiger partial charge on any atom is 0.186 e. The third kappa shape index (κ3) is 2.25. The number of nitrogens with zero attached hydrogens (tertiary/aromatic N) is 2. The molecule has 0 saturated heterocycles. The van der Waals surface area contributed by atoms with Gasteiger partial charge in [-0.2, -0.15) is 5.26 Å². The lowest BCUT2D eigenvalue weighted by molar-refractivity contribution is 0.0978. The summed E-state index contributed by atoms with van der Waals surface area (Å²) in [7, 11) is 0. The van der Waals surface area contributed by atoms with Gasteiger partial charge in [-0.15, -0.1) is 11.3 Å². The van der Waals surface area contributed by atoms with Gasteiger partial charge in [0.15, 0.2) is 11.7 Å². The zero-order valence-corrected chi connectivity index (χ0v) is 12.0. The van der Waals surface area contributed by atoms with Gasteiger partial charge >= 0.3 is 0 Å². The van der Waals surface area contributed by atoms with E-state index in [9.17, 15) is 10.1 Å². The fourth-order valence-electron chi connectivity index (χ4n) is 2.62. The molecule has 0 fully saturated rings. The normalized spacial score (nSPS) is 14.6. The van der Waals surface area contributed by atoms with Crippen molar-refractivity contribution < 1.29 is 4.79 Å². The number of fused-ring (bicyclic) bond motifs is 1. The third-order valence-electron chi connectivity index (χ3n) is 3.66. The molecule has 0 N–H and O–H groups in total. The van der Waals surface area contributed by atoms with Crippen molar-refractivity contribution in [3.63, 3.8) is 0 Å². The van der Waals surface area contributed by atoms with Crippen LogP contribution in [0.5, 0.6) is 0 Å². The minimum absolute atomic E-state index is 0.142. The van der Waals surface area contributed by atoms with Crippen LogP contribution >= 0.6 is 11.3 Å². The van der Waals surface area contributed by atoms with E-state index in [0.717, 1.165) is 25.0 Å². The number of carbonyl (C=O) groups is 1. The molecular weight excluding hydrogens is 268 g/mol. The monoisotopic (exact) mass is 282 g/mol. The summed E-state index contributed by atoms with van der Waals surface area (Å²) in [5.74, 6) is -0.926. The number of hydrogen-bond acceptors (Lipinski definition) is 4. The van der Waals surface area contributed by atoms with E-state index in [0.29, 0.717) is 10.6 Å². The van der Waals surface area contributed by atoms with Crippen LogP contribution in [0.2, 0.25) is 0 Å².